The average molecular weight is 528 g/mol. The molecule has 4 rings (SSSR count). The van der Waals surface area contributed by atoms with Crippen LogP contribution in [-0.2, 0) is 27.5 Å². The van der Waals surface area contributed by atoms with E-state index in [9.17, 15) is 18.8 Å². The minimum atomic E-state index is -0.568. The highest BCUT2D eigenvalue weighted by molar-refractivity contribution is 6.30. The van der Waals surface area contributed by atoms with Gasteiger partial charge in [0.15, 0.2) is 0 Å². The zero-order valence-electron chi connectivity index (χ0n) is 21.2. The molecule has 0 aliphatic heterocycles. The van der Waals surface area contributed by atoms with Crippen molar-refractivity contribution in [3.63, 3.8) is 0 Å². The predicted molar refractivity (Wildman–Crippen MR) is 140 cm³/mol. The van der Waals surface area contributed by atoms with Gasteiger partial charge in [0, 0.05) is 35.6 Å². The fourth-order valence-corrected chi connectivity index (χ4v) is 4.29. The maximum absolute atomic E-state index is 14.1. The maximum Gasteiger partial charge on any atom is 0.245 e. The van der Waals surface area contributed by atoms with E-state index in [1.807, 2.05) is 32.9 Å². The zero-order chi connectivity index (χ0) is 26.7. The molecule has 0 bridgehead atoms. The number of hydrogen-bond donors (Lipinski definition) is 2. The highest BCUT2D eigenvalue weighted by Gasteiger charge is 2.34. The number of fused-ring (bicyclic) bond motifs is 1. The van der Waals surface area contributed by atoms with E-state index in [0.717, 1.165) is 23.7 Å². The van der Waals surface area contributed by atoms with Crippen LogP contribution in [0.15, 0.2) is 42.6 Å². The molecule has 8 nitrogen and oxygen atoms in total. The van der Waals surface area contributed by atoms with Crippen LogP contribution in [0.1, 0.15) is 45.6 Å². The van der Waals surface area contributed by atoms with Gasteiger partial charge in [0.25, 0.3) is 0 Å². The number of hydrogen-bond acceptors (Lipinski definition) is 4. The number of benzene rings is 2. The summed E-state index contributed by atoms with van der Waals surface area (Å²) in [6.45, 7) is 5.86. The molecule has 1 fully saturated rings. The first-order valence-electron chi connectivity index (χ1n) is 12.2. The second-order valence-electron chi connectivity index (χ2n) is 10.6. The Bertz CT molecular complexity index is 1330. The molecule has 0 spiro atoms. The Hall–Kier alpha value is -3.46. The minimum Gasteiger partial charge on any atom is -0.350 e. The number of halogens is 2. The van der Waals surface area contributed by atoms with Gasteiger partial charge in [0.1, 0.15) is 12.4 Å². The summed E-state index contributed by atoms with van der Waals surface area (Å²) in [5, 5.41) is 10.7. The van der Waals surface area contributed by atoms with E-state index in [1.54, 1.807) is 34.0 Å². The largest absolute Gasteiger partial charge is 0.350 e. The van der Waals surface area contributed by atoms with Gasteiger partial charge < -0.3 is 15.5 Å². The van der Waals surface area contributed by atoms with Crippen molar-refractivity contribution < 1.29 is 18.8 Å². The molecule has 0 radical (unpaired) electrons. The number of amides is 3. The van der Waals surface area contributed by atoms with Crippen LogP contribution in [0.2, 0.25) is 5.02 Å². The summed E-state index contributed by atoms with van der Waals surface area (Å²) in [5.41, 5.74) is 1.58. The van der Waals surface area contributed by atoms with Crippen LogP contribution in [0, 0.1) is 11.2 Å². The highest BCUT2D eigenvalue weighted by Crippen LogP contribution is 2.28. The summed E-state index contributed by atoms with van der Waals surface area (Å²) in [7, 11) is 0. The smallest absolute Gasteiger partial charge is 0.245 e. The number of aromatic nitrogens is 2. The zero-order valence-corrected chi connectivity index (χ0v) is 21.9. The first kappa shape index (κ1) is 26.6. The number of carbonyl (C=O) groups is 3. The molecular weight excluding hydrogens is 497 g/mol. The lowest BCUT2D eigenvalue weighted by Crippen LogP contribution is -2.43. The summed E-state index contributed by atoms with van der Waals surface area (Å²) >= 11 is 5.80. The molecule has 2 aromatic carbocycles. The third kappa shape index (κ3) is 7.07. The van der Waals surface area contributed by atoms with E-state index < -0.39 is 5.82 Å². The molecule has 1 aliphatic carbocycles. The molecule has 10 heteroatoms. The van der Waals surface area contributed by atoms with Crippen molar-refractivity contribution in [3.8, 4) is 0 Å². The Kier molecular flexibility index (Phi) is 7.82. The van der Waals surface area contributed by atoms with E-state index >= 15 is 0 Å². The van der Waals surface area contributed by atoms with E-state index in [1.165, 1.54) is 6.07 Å². The Balaban J connectivity index is 1.38. The van der Waals surface area contributed by atoms with Crippen LogP contribution in [0.3, 0.4) is 0 Å². The van der Waals surface area contributed by atoms with E-state index in [0.29, 0.717) is 12.1 Å². The quantitative estimate of drug-likeness (QED) is 0.428. The van der Waals surface area contributed by atoms with Crippen molar-refractivity contribution in [2.24, 2.45) is 5.41 Å². The van der Waals surface area contributed by atoms with Crippen molar-refractivity contribution >= 4 is 45.9 Å². The van der Waals surface area contributed by atoms with Crippen molar-refractivity contribution in [2.75, 3.05) is 11.9 Å². The van der Waals surface area contributed by atoms with Crippen molar-refractivity contribution in [1.29, 1.82) is 0 Å². The molecule has 0 saturated heterocycles. The lowest BCUT2D eigenvalue weighted by Gasteiger charge is -2.22. The highest BCUT2D eigenvalue weighted by atomic mass is 35.5. The molecule has 3 aromatic rings. The van der Waals surface area contributed by atoms with E-state index in [4.69, 9.17) is 11.6 Å². The molecule has 196 valence electrons. The molecule has 1 heterocycles. The molecule has 2 N–H and O–H groups in total. The number of nitrogens with zero attached hydrogens (tertiary/aromatic N) is 3. The molecule has 1 aliphatic rings. The molecule has 0 atom stereocenters. The van der Waals surface area contributed by atoms with Crippen LogP contribution in [0.4, 0.5) is 10.1 Å². The average Bonchev–Trinajstić information content (AvgIpc) is 3.58. The van der Waals surface area contributed by atoms with Gasteiger partial charge in [-0.2, -0.15) is 5.10 Å². The van der Waals surface area contributed by atoms with Crippen LogP contribution in [0.25, 0.3) is 10.9 Å². The molecule has 1 aromatic heterocycles. The Morgan fingerprint density at radius 2 is 1.92 bits per heavy atom. The van der Waals surface area contributed by atoms with Gasteiger partial charge in [-0.25, -0.2) is 4.39 Å². The number of anilines is 1. The number of nitrogens with one attached hydrogen (secondary N) is 2. The SMILES string of the molecule is CC(C)(C)CC(=O)Nc1ccc2c(cnn2CC(=O)N(CC(=O)NCc2cccc(Cl)c2F)C2CC2)c1. The van der Waals surface area contributed by atoms with Gasteiger partial charge in [-0.15, -0.1) is 0 Å². The Morgan fingerprint density at radius 3 is 2.62 bits per heavy atom. The van der Waals surface area contributed by atoms with Crippen molar-refractivity contribution in [1.82, 2.24) is 20.0 Å². The van der Waals surface area contributed by atoms with Gasteiger partial charge in [0.2, 0.25) is 17.7 Å². The first-order valence-corrected chi connectivity index (χ1v) is 12.6. The monoisotopic (exact) mass is 527 g/mol. The van der Waals surface area contributed by atoms with Gasteiger partial charge >= 0.3 is 0 Å². The van der Waals surface area contributed by atoms with E-state index in [2.05, 4.69) is 15.7 Å². The molecule has 3 amide bonds. The molecular formula is C27H31ClFN5O3. The van der Waals surface area contributed by atoms with Crippen LogP contribution in [-0.4, -0.2) is 45.0 Å². The topological polar surface area (TPSA) is 96.3 Å². The fourth-order valence-electron chi connectivity index (χ4n) is 4.09. The standard InChI is InChI=1S/C27H31ClFN5O3/c1-27(2,3)12-23(35)32-19-7-10-22-18(11-19)14-31-34(22)16-25(37)33(20-8-9-20)15-24(36)30-13-17-5-4-6-21(28)26(17)29/h4-7,10-11,14,20H,8-9,12-13,15-16H2,1-3H3,(H,30,36)(H,32,35). The second kappa shape index (κ2) is 10.9. The van der Waals surface area contributed by atoms with Crippen molar-refractivity contribution in [3.05, 3.63) is 59.0 Å². The maximum atomic E-state index is 14.1. The fraction of sp³-hybridized carbons (Fsp3) is 0.407. The summed E-state index contributed by atoms with van der Waals surface area (Å²) in [6.07, 6.45) is 3.71. The normalized spacial score (nSPS) is 13.4. The summed E-state index contributed by atoms with van der Waals surface area (Å²) in [4.78, 5) is 39.5. The molecule has 37 heavy (non-hydrogen) atoms. The third-order valence-corrected chi connectivity index (χ3v) is 6.32. The van der Waals surface area contributed by atoms with Crippen molar-refractivity contribution in [2.45, 2.75) is 59.2 Å². The lowest BCUT2D eigenvalue weighted by atomic mass is 9.92. The lowest BCUT2D eigenvalue weighted by molar-refractivity contribution is -0.137. The number of rotatable bonds is 9. The van der Waals surface area contributed by atoms with Crippen LogP contribution >= 0.6 is 11.6 Å². The van der Waals surface area contributed by atoms with Crippen LogP contribution < -0.4 is 10.6 Å². The summed E-state index contributed by atoms with van der Waals surface area (Å²) in [6, 6.07) is 10.0. The first-order chi connectivity index (χ1) is 17.5. The molecule has 0 unspecified atom stereocenters. The summed E-state index contributed by atoms with van der Waals surface area (Å²) in [5.74, 6) is -1.23. The Labute approximate surface area is 220 Å². The second-order valence-corrected chi connectivity index (χ2v) is 11.0. The number of carbonyl (C=O) groups excluding carboxylic acids is 3. The van der Waals surface area contributed by atoms with Gasteiger partial charge in [0.05, 0.1) is 23.3 Å². The van der Waals surface area contributed by atoms with Gasteiger partial charge in [-0.3, -0.25) is 19.1 Å². The third-order valence-electron chi connectivity index (χ3n) is 6.03. The summed E-state index contributed by atoms with van der Waals surface area (Å²) < 4.78 is 15.7. The predicted octanol–water partition coefficient (Wildman–Crippen LogP) is 4.51. The Morgan fingerprint density at radius 1 is 1.16 bits per heavy atom. The molecule has 1 saturated carbocycles. The van der Waals surface area contributed by atoms with E-state index in [-0.39, 0.29) is 59.4 Å². The van der Waals surface area contributed by atoms with Gasteiger partial charge in [-0.05, 0) is 42.5 Å². The van der Waals surface area contributed by atoms with Gasteiger partial charge in [-0.1, -0.05) is 44.5 Å². The minimum absolute atomic E-state index is 0.00704. The van der Waals surface area contributed by atoms with Crippen LogP contribution in [0.5, 0.6) is 0 Å².